The van der Waals surface area contributed by atoms with Crippen LogP contribution in [0.4, 0.5) is 4.39 Å². The minimum atomic E-state index is -0.221. The zero-order valence-electron chi connectivity index (χ0n) is 9.92. The van der Waals surface area contributed by atoms with E-state index in [2.05, 4.69) is 5.32 Å². The predicted octanol–water partition coefficient (Wildman–Crippen LogP) is 2.82. The zero-order chi connectivity index (χ0) is 12.1. The van der Waals surface area contributed by atoms with Crippen molar-refractivity contribution in [3.05, 3.63) is 35.6 Å². The van der Waals surface area contributed by atoms with Gasteiger partial charge in [-0.05, 0) is 30.9 Å². The van der Waals surface area contributed by atoms with Gasteiger partial charge in [-0.3, -0.25) is 4.79 Å². The third-order valence-corrected chi connectivity index (χ3v) is 3.30. The Bertz CT molecular complexity index is 386. The molecule has 1 amide bonds. The molecule has 17 heavy (non-hydrogen) atoms. The molecular formula is C14H18FNO. The number of halogens is 1. The van der Waals surface area contributed by atoms with Gasteiger partial charge in [-0.25, -0.2) is 4.39 Å². The molecule has 1 saturated carbocycles. The van der Waals surface area contributed by atoms with E-state index in [0.29, 0.717) is 24.4 Å². The number of aryl methyl sites for hydroxylation is 1. The number of nitrogens with one attached hydrogen (secondary N) is 1. The Kier molecular flexibility index (Phi) is 4.13. The standard InChI is InChI=1S/C14H18FNO/c15-13-8-4-1-5-11(13)9-10-14(17)16-12-6-2-3-7-12/h1,4-5,8,12H,2-3,6-7,9-10H2,(H,16,17). The Balaban J connectivity index is 1.77. The van der Waals surface area contributed by atoms with Gasteiger partial charge >= 0.3 is 0 Å². The lowest BCUT2D eigenvalue weighted by Gasteiger charge is -2.11. The van der Waals surface area contributed by atoms with E-state index in [1.807, 2.05) is 0 Å². The summed E-state index contributed by atoms with van der Waals surface area (Å²) in [5.74, 6) is -0.179. The lowest BCUT2D eigenvalue weighted by Crippen LogP contribution is -2.32. The fourth-order valence-corrected chi connectivity index (χ4v) is 2.32. The first-order valence-electron chi connectivity index (χ1n) is 6.28. The van der Waals surface area contributed by atoms with Gasteiger partial charge < -0.3 is 5.32 Å². The molecule has 3 heteroatoms. The quantitative estimate of drug-likeness (QED) is 0.854. The Morgan fingerprint density at radius 1 is 1.29 bits per heavy atom. The van der Waals surface area contributed by atoms with Gasteiger partial charge in [0.1, 0.15) is 5.82 Å². The molecule has 0 atom stereocenters. The van der Waals surface area contributed by atoms with Crippen LogP contribution in [0.25, 0.3) is 0 Å². The number of benzene rings is 1. The maximum atomic E-state index is 13.3. The van der Waals surface area contributed by atoms with E-state index < -0.39 is 0 Å². The summed E-state index contributed by atoms with van der Waals surface area (Å²) in [5, 5.41) is 3.01. The molecule has 0 heterocycles. The van der Waals surface area contributed by atoms with Gasteiger partial charge in [0.2, 0.25) is 5.91 Å². The van der Waals surface area contributed by atoms with Crippen molar-refractivity contribution < 1.29 is 9.18 Å². The van der Waals surface area contributed by atoms with E-state index in [4.69, 9.17) is 0 Å². The van der Waals surface area contributed by atoms with E-state index >= 15 is 0 Å². The molecule has 0 bridgehead atoms. The number of hydrogen-bond donors (Lipinski definition) is 1. The van der Waals surface area contributed by atoms with Gasteiger partial charge in [0.25, 0.3) is 0 Å². The van der Waals surface area contributed by atoms with Crippen LogP contribution in [-0.4, -0.2) is 11.9 Å². The van der Waals surface area contributed by atoms with Crippen LogP contribution in [0.2, 0.25) is 0 Å². The van der Waals surface area contributed by atoms with Gasteiger partial charge in [-0.2, -0.15) is 0 Å². The van der Waals surface area contributed by atoms with E-state index in [1.54, 1.807) is 18.2 Å². The van der Waals surface area contributed by atoms with Gasteiger partial charge in [-0.1, -0.05) is 31.0 Å². The molecule has 0 aliphatic heterocycles. The Morgan fingerprint density at radius 2 is 2.00 bits per heavy atom. The highest BCUT2D eigenvalue weighted by Crippen LogP contribution is 2.17. The first-order valence-corrected chi connectivity index (χ1v) is 6.28. The third-order valence-electron chi connectivity index (χ3n) is 3.30. The van der Waals surface area contributed by atoms with Crippen molar-refractivity contribution in [3.63, 3.8) is 0 Å². The van der Waals surface area contributed by atoms with Gasteiger partial charge in [0, 0.05) is 12.5 Å². The van der Waals surface area contributed by atoms with Crippen molar-refractivity contribution in [1.82, 2.24) is 5.32 Å². The molecule has 2 nitrogen and oxygen atoms in total. The number of amides is 1. The monoisotopic (exact) mass is 235 g/mol. The summed E-state index contributed by atoms with van der Waals surface area (Å²) in [6, 6.07) is 6.98. The molecule has 1 aromatic carbocycles. The molecule has 2 rings (SSSR count). The second-order valence-corrected chi connectivity index (χ2v) is 4.64. The van der Waals surface area contributed by atoms with Crippen molar-refractivity contribution >= 4 is 5.91 Å². The van der Waals surface area contributed by atoms with Crippen LogP contribution in [0, 0.1) is 5.82 Å². The van der Waals surface area contributed by atoms with Crippen LogP contribution < -0.4 is 5.32 Å². The average molecular weight is 235 g/mol. The van der Waals surface area contributed by atoms with Crippen LogP contribution >= 0.6 is 0 Å². The lowest BCUT2D eigenvalue weighted by atomic mass is 10.1. The van der Waals surface area contributed by atoms with Crippen molar-refractivity contribution in [2.24, 2.45) is 0 Å². The number of rotatable bonds is 4. The van der Waals surface area contributed by atoms with Crippen LogP contribution in [-0.2, 0) is 11.2 Å². The molecule has 1 aliphatic carbocycles. The van der Waals surface area contributed by atoms with E-state index in [0.717, 1.165) is 12.8 Å². The average Bonchev–Trinajstić information content (AvgIpc) is 2.81. The summed E-state index contributed by atoms with van der Waals surface area (Å²) < 4.78 is 13.3. The molecule has 1 fully saturated rings. The van der Waals surface area contributed by atoms with Crippen LogP contribution in [0.3, 0.4) is 0 Å². The smallest absolute Gasteiger partial charge is 0.220 e. The topological polar surface area (TPSA) is 29.1 Å². The van der Waals surface area contributed by atoms with Crippen molar-refractivity contribution in [1.29, 1.82) is 0 Å². The molecule has 0 saturated heterocycles. The van der Waals surface area contributed by atoms with Crippen molar-refractivity contribution in [2.75, 3.05) is 0 Å². The first kappa shape index (κ1) is 12.1. The summed E-state index contributed by atoms with van der Waals surface area (Å²) >= 11 is 0. The molecule has 1 N–H and O–H groups in total. The van der Waals surface area contributed by atoms with Gasteiger partial charge in [-0.15, -0.1) is 0 Å². The Hall–Kier alpha value is -1.38. The lowest BCUT2D eigenvalue weighted by molar-refractivity contribution is -0.121. The van der Waals surface area contributed by atoms with Crippen molar-refractivity contribution in [2.45, 2.75) is 44.6 Å². The third kappa shape index (κ3) is 3.55. The molecule has 1 aliphatic rings. The van der Waals surface area contributed by atoms with Crippen LogP contribution in [0.15, 0.2) is 24.3 Å². The normalized spacial score (nSPS) is 16.1. The molecule has 1 aromatic rings. The van der Waals surface area contributed by atoms with Crippen molar-refractivity contribution in [3.8, 4) is 0 Å². The zero-order valence-corrected chi connectivity index (χ0v) is 9.92. The molecule has 0 aromatic heterocycles. The van der Waals surface area contributed by atoms with E-state index in [9.17, 15) is 9.18 Å². The number of hydrogen-bond acceptors (Lipinski definition) is 1. The molecule has 92 valence electrons. The summed E-state index contributed by atoms with van der Waals surface area (Å²) in [6.45, 7) is 0. The maximum absolute atomic E-state index is 13.3. The second kappa shape index (κ2) is 5.80. The minimum absolute atomic E-state index is 0.0418. The highest BCUT2D eigenvalue weighted by Gasteiger charge is 2.16. The van der Waals surface area contributed by atoms with Crippen LogP contribution in [0.5, 0.6) is 0 Å². The molecule has 0 radical (unpaired) electrons. The van der Waals surface area contributed by atoms with Gasteiger partial charge in [0.15, 0.2) is 0 Å². The molecular weight excluding hydrogens is 217 g/mol. The SMILES string of the molecule is O=C(CCc1ccccc1F)NC1CCCC1. The summed E-state index contributed by atoms with van der Waals surface area (Å²) in [5.41, 5.74) is 0.620. The highest BCUT2D eigenvalue weighted by atomic mass is 19.1. The minimum Gasteiger partial charge on any atom is -0.353 e. The van der Waals surface area contributed by atoms with E-state index in [-0.39, 0.29) is 11.7 Å². The number of carbonyl (C=O) groups excluding carboxylic acids is 1. The Labute approximate surface area is 101 Å². The van der Waals surface area contributed by atoms with E-state index in [1.165, 1.54) is 18.9 Å². The van der Waals surface area contributed by atoms with Crippen LogP contribution in [0.1, 0.15) is 37.7 Å². The Morgan fingerprint density at radius 3 is 2.71 bits per heavy atom. The first-order chi connectivity index (χ1) is 8.25. The fourth-order valence-electron chi connectivity index (χ4n) is 2.32. The maximum Gasteiger partial charge on any atom is 0.220 e. The highest BCUT2D eigenvalue weighted by molar-refractivity contribution is 5.76. The molecule has 0 spiro atoms. The van der Waals surface area contributed by atoms with Gasteiger partial charge in [0.05, 0.1) is 0 Å². The summed E-state index contributed by atoms with van der Waals surface area (Å²) in [4.78, 5) is 11.7. The molecule has 0 unspecified atom stereocenters. The number of carbonyl (C=O) groups is 1. The second-order valence-electron chi connectivity index (χ2n) is 4.64. The predicted molar refractivity (Wildman–Crippen MR) is 65.1 cm³/mol. The fraction of sp³-hybridized carbons (Fsp3) is 0.500. The summed E-state index contributed by atoms with van der Waals surface area (Å²) in [6.07, 6.45) is 5.44. The largest absolute Gasteiger partial charge is 0.353 e. The summed E-state index contributed by atoms with van der Waals surface area (Å²) in [7, 11) is 0.